The van der Waals surface area contributed by atoms with Crippen molar-refractivity contribution in [3.63, 3.8) is 0 Å². The zero-order chi connectivity index (χ0) is 15.8. The second-order valence-electron chi connectivity index (χ2n) is 4.15. The molecule has 6 nitrogen and oxygen atoms in total. The molecule has 0 fully saturated rings. The molecule has 2 aromatic rings. The van der Waals surface area contributed by atoms with Crippen LogP contribution in [0.5, 0.6) is 0 Å². The molecule has 0 aliphatic heterocycles. The van der Waals surface area contributed by atoms with Crippen LogP contribution in [0.1, 0.15) is 17.2 Å². The number of rotatable bonds is 5. The Morgan fingerprint density at radius 2 is 1.32 bits per heavy atom. The van der Waals surface area contributed by atoms with Gasteiger partial charge in [0.1, 0.15) is 6.04 Å². The van der Waals surface area contributed by atoms with E-state index in [0.717, 1.165) is 0 Å². The molecular weight excluding hydrogens is 282 g/mol. The fraction of sp³-hybridized carbons (Fsp3) is 0.0625. The maximum atomic E-state index is 10.8. The van der Waals surface area contributed by atoms with Gasteiger partial charge in [0, 0.05) is 5.56 Å². The fourth-order valence-corrected chi connectivity index (χ4v) is 2.11. The molecule has 1 unspecified atom stereocenters. The Bertz CT molecular complexity index is 778. The monoisotopic (exact) mass is 291 g/mol. The lowest BCUT2D eigenvalue weighted by Gasteiger charge is -2.15. The lowest BCUT2D eigenvalue weighted by molar-refractivity contribution is 0.561. The minimum absolute atomic E-state index is 0.222. The van der Waals surface area contributed by atoms with Crippen LogP contribution in [0.25, 0.3) is 0 Å². The normalized spacial score (nSPS) is 10.5. The Hall–Kier alpha value is -3.42. The molecule has 22 heavy (non-hydrogen) atoms. The predicted molar refractivity (Wildman–Crippen MR) is 78.4 cm³/mol. The highest BCUT2D eigenvalue weighted by Crippen LogP contribution is 2.39. The summed E-state index contributed by atoms with van der Waals surface area (Å²) >= 11 is 0. The van der Waals surface area contributed by atoms with Gasteiger partial charge in [0.15, 0.2) is 0 Å². The molecular formula is C16H9N3O3. The van der Waals surface area contributed by atoms with Crippen LogP contribution in [-0.2, 0) is 14.4 Å². The summed E-state index contributed by atoms with van der Waals surface area (Å²) in [5, 5.41) is 0. The third kappa shape index (κ3) is 3.18. The molecule has 0 N–H and O–H groups in total. The summed E-state index contributed by atoms with van der Waals surface area (Å²) in [6.45, 7) is 0. The molecule has 0 aliphatic carbocycles. The van der Waals surface area contributed by atoms with Crippen LogP contribution in [0.15, 0.2) is 63.5 Å². The number of benzene rings is 2. The van der Waals surface area contributed by atoms with E-state index >= 15 is 0 Å². The van der Waals surface area contributed by atoms with Gasteiger partial charge in [-0.3, -0.25) is 0 Å². The Kier molecular flexibility index (Phi) is 5.03. The van der Waals surface area contributed by atoms with Crippen LogP contribution < -0.4 is 0 Å². The van der Waals surface area contributed by atoms with E-state index in [0.29, 0.717) is 11.1 Å². The average Bonchev–Trinajstić information content (AvgIpc) is 2.55. The van der Waals surface area contributed by atoms with Crippen molar-refractivity contribution in [3.8, 4) is 0 Å². The third-order valence-corrected chi connectivity index (χ3v) is 2.96. The molecule has 2 aromatic carbocycles. The van der Waals surface area contributed by atoms with Crippen molar-refractivity contribution in [3.05, 3.63) is 59.7 Å². The molecule has 0 radical (unpaired) electrons. The molecule has 0 saturated heterocycles. The fourth-order valence-electron chi connectivity index (χ4n) is 2.11. The van der Waals surface area contributed by atoms with E-state index in [1.165, 1.54) is 18.2 Å². The molecule has 0 aliphatic rings. The lowest BCUT2D eigenvalue weighted by Crippen LogP contribution is -1.99. The summed E-state index contributed by atoms with van der Waals surface area (Å²) in [4.78, 5) is 43.0. The van der Waals surface area contributed by atoms with Gasteiger partial charge in [0.05, 0.1) is 11.4 Å². The maximum Gasteiger partial charge on any atom is 0.240 e. The van der Waals surface area contributed by atoms with E-state index in [1.807, 2.05) is 6.07 Å². The van der Waals surface area contributed by atoms with Crippen molar-refractivity contribution in [1.82, 2.24) is 0 Å². The minimum Gasteiger partial charge on any atom is -0.211 e. The summed E-state index contributed by atoms with van der Waals surface area (Å²) in [7, 11) is 0. The Morgan fingerprint density at radius 1 is 0.727 bits per heavy atom. The average molecular weight is 291 g/mol. The van der Waals surface area contributed by atoms with Crippen molar-refractivity contribution < 1.29 is 14.4 Å². The van der Waals surface area contributed by atoms with Gasteiger partial charge in [-0.15, -0.1) is 0 Å². The van der Waals surface area contributed by atoms with Gasteiger partial charge in [-0.2, -0.15) is 15.0 Å². The van der Waals surface area contributed by atoms with E-state index in [4.69, 9.17) is 0 Å². The van der Waals surface area contributed by atoms with E-state index in [2.05, 4.69) is 15.0 Å². The van der Waals surface area contributed by atoms with Crippen molar-refractivity contribution in [1.29, 1.82) is 0 Å². The lowest BCUT2D eigenvalue weighted by atomic mass is 9.96. The number of isocyanates is 3. The van der Waals surface area contributed by atoms with E-state index < -0.39 is 6.04 Å². The standard InChI is InChI=1S/C16H9N3O3/c20-9-17-13-7-4-8-14(18-10-21)15(13)16(19-11-22)12-5-2-1-3-6-12/h1-8,16H. The summed E-state index contributed by atoms with van der Waals surface area (Å²) in [5.74, 6) is 0. The summed E-state index contributed by atoms with van der Waals surface area (Å²) < 4.78 is 0. The van der Waals surface area contributed by atoms with Crippen molar-refractivity contribution in [2.75, 3.05) is 0 Å². The Labute approximate surface area is 125 Å². The van der Waals surface area contributed by atoms with Gasteiger partial charge < -0.3 is 0 Å². The zero-order valence-electron chi connectivity index (χ0n) is 11.3. The van der Waals surface area contributed by atoms with E-state index in [1.54, 1.807) is 42.5 Å². The first-order valence-electron chi connectivity index (χ1n) is 6.22. The van der Waals surface area contributed by atoms with Crippen LogP contribution >= 0.6 is 0 Å². The van der Waals surface area contributed by atoms with Gasteiger partial charge in [0.2, 0.25) is 18.2 Å². The van der Waals surface area contributed by atoms with Crippen molar-refractivity contribution >= 4 is 29.6 Å². The molecule has 6 heteroatoms. The summed E-state index contributed by atoms with van der Waals surface area (Å²) in [6, 6.07) is 12.7. The number of aliphatic imine (C=N–C) groups is 3. The highest BCUT2D eigenvalue weighted by Gasteiger charge is 2.21. The quantitative estimate of drug-likeness (QED) is 0.626. The molecule has 1 atom stereocenters. The number of carbonyl (C=O) groups excluding carboxylic acids is 3. The van der Waals surface area contributed by atoms with Gasteiger partial charge in [-0.05, 0) is 17.7 Å². The Balaban J connectivity index is 2.77. The number of hydrogen-bond donors (Lipinski definition) is 0. The Morgan fingerprint density at radius 3 is 1.82 bits per heavy atom. The SMILES string of the molecule is O=C=Nc1cccc(N=C=O)c1C(N=C=O)c1ccccc1. The molecule has 0 bridgehead atoms. The second-order valence-corrected chi connectivity index (χ2v) is 4.15. The van der Waals surface area contributed by atoms with Gasteiger partial charge in [-0.1, -0.05) is 36.4 Å². The summed E-state index contributed by atoms with van der Waals surface area (Å²) in [6.07, 6.45) is 4.37. The minimum atomic E-state index is -0.793. The maximum absolute atomic E-state index is 10.8. The van der Waals surface area contributed by atoms with E-state index in [9.17, 15) is 14.4 Å². The van der Waals surface area contributed by atoms with Gasteiger partial charge in [-0.25, -0.2) is 14.4 Å². The predicted octanol–water partition coefficient (Wildman–Crippen LogP) is 3.05. The van der Waals surface area contributed by atoms with Crippen LogP contribution in [0.3, 0.4) is 0 Å². The molecule has 0 saturated carbocycles. The molecule has 0 amide bonds. The largest absolute Gasteiger partial charge is 0.240 e. The van der Waals surface area contributed by atoms with Crippen molar-refractivity contribution in [2.24, 2.45) is 15.0 Å². The molecule has 2 rings (SSSR count). The number of hydrogen-bond acceptors (Lipinski definition) is 6. The van der Waals surface area contributed by atoms with Gasteiger partial charge in [0.25, 0.3) is 0 Å². The zero-order valence-corrected chi connectivity index (χ0v) is 11.3. The van der Waals surface area contributed by atoms with Crippen molar-refractivity contribution in [2.45, 2.75) is 6.04 Å². The summed E-state index contributed by atoms with van der Waals surface area (Å²) in [5.41, 5.74) is 1.45. The highest BCUT2D eigenvalue weighted by atomic mass is 16.1. The van der Waals surface area contributed by atoms with Crippen LogP contribution in [0.4, 0.5) is 11.4 Å². The smallest absolute Gasteiger partial charge is 0.211 e. The van der Waals surface area contributed by atoms with Crippen LogP contribution in [-0.4, -0.2) is 18.2 Å². The van der Waals surface area contributed by atoms with Gasteiger partial charge >= 0.3 is 0 Å². The molecule has 0 heterocycles. The first kappa shape index (κ1) is 15.0. The topological polar surface area (TPSA) is 88.3 Å². The van der Waals surface area contributed by atoms with Crippen LogP contribution in [0, 0.1) is 0 Å². The van der Waals surface area contributed by atoms with Crippen LogP contribution in [0.2, 0.25) is 0 Å². The second kappa shape index (κ2) is 7.39. The highest BCUT2D eigenvalue weighted by molar-refractivity contribution is 5.68. The van der Waals surface area contributed by atoms with E-state index in [-0.39, 0.29) is 11.4 Å². The number of nitrogens with zero attached hydrogens (tertiary/aromatic N) is 3. The molecule has 0 aromatic heterocycles. The first-order chi connectivity index (χ1) is 10.8. The molecule has 0 spiro atoms. The third-order valence-electron chi connectivity index (χ3n) is 2.96. The first-order valence-corrected chi connectivity index (χ1v) is 6.22. The molecule has 106 valence electrons.